The number of hydrogen-bond donors (Lipinski definition) is 1. The summed E-state index contributed by atoms with van der Waals surface area (Å²) in [6, 6.07) is 45.4. The van der Waals surface area contributed by atoms with Crippen LogP contribution in [0.25, 0.3) is 0 Å². The Balaban J connectivity index is 1.69. The van der Waals surface area contributed by atoms with Crippen LogP contribution in [-0.4, -0.2) is 16.7 Å². The van der Waals surface area contributed by atoms with Gasteiger partial charge in [-0.3, -0.25) is 4.99 Å². The van der Waals surface area contributed by atoms with Crippen LogP contribution >= 0.6 is 7.92 Å². The van der Waals surface area contributed by atoms with E-state index in [4.69, 9.17) is 4.99 Å². The summed E-state index contributed by atoms with van der Waals surface area (Å²) in [6.45, 7) is 13.5. The van der Waals surface area contributed by atoms with Crippen LogP contribution in [0.15, 0.2) is 132 Å². The van der Waals surface area contributed by atoms with Crippen molar-refractivity contribution in [1.82, 2.24) is 0 Å². The zero-order valence-electron chi connectivity index (χ0n) is 28.0. The number of hydrogen-bond acceptors (Lipinski definition) is 2. The van der Waals surface area contributed by atoms with E-state index in [1.54, 1.807) is 0 Å². The Morgan fingerprint density at radius 1 is 0.674 bits per heavy atom. The van der Waals surface area contributed by atoms with Gasteiger partial charge in [-0.1, -0.05) is 169 Å². The second kappa shape index (κ2) is 13.0. The highest BCUT2D eigenvalue weighted by molar-refractivity contribution is 7.82. The van der Waals surface area contributed by atoms with E-state index in [-0.39, 0.29) is 0 Å². The monoisotopic (exact) mass is 623 g/mol. The van der Waals surface area contributed by atoms with Crippen LogP contribution in [-0.2, 0) is 10.8 Å². The van der Waals surface area contributed by atoms with Crippen LogP contribution < -0.4 is 5.30 Å². The number of aromatic hydroxyl groups is 1. The van der Waals surface area contributed by atoms with Crippen molar-refractivity contribution in [3.05, 3.63) is 161 Å². The average Bonchev–Trinajstić information content (AvgIpc) is 3.45. The Morgan fingerprint density at radius 2 is 1.22 bits per heavy atom. The third kappa shape index (κ3) is 5.62. The predicted molar refractivity (Wildman–Crippen MR) is 198 cm³/mol. The number of nitrogens with zero attached hydrogens (tertiary/aromatic N) is 1. The zero-order chi connectivity index (χ0) is 32.5. The lowest BCUT2D eigenvalue weighted by molar-refractivity contribution is 0.438. The SMILES string of the molecule is CC(C)c1cccc(C(C)C)c1N=C1P(c2ccccc2)CCC1(c1ccccc1)c1cccc(C(C)(C)c2ccccc2)c1O. The minimum atomic E-state index is -0.781. The summed E-state index contributed by atoms with van der Waals surface area (Å²) in [5, 5.41) is 13.9. The van der Waals surface area contributed by atoms with Crippen LogP contribution in [0.2, 0.25) is 0 Å². The van der Waals surface area contributed by atoms with E-state index in [0.29, 0.717) is 17.6 Å². The maximum absolute atomic E-state index is 12.6. The molecule has 3 heteroatoms. The first-order valence-electron chi connectivity index (χ1n) is 16.6. The Morgan fingerprint density at radius 3 is 1.80 bits per heavy atom. The highest BCUT2D eigenvalue weighted by Gasteiger charge is 2.50. The van der Waals surface area contributed by atoms with Crippen molar-refractivity contribution in [1.29, 1.82) is 0 Å². The molecule has 1 heterocycles. The molecule has 0 bridgehead atoms. The van der Waals surface area contributed by atoms with E-state index in [1.165, 1.54) is 33.0 Å². The molecule has 0 radical (unpaired) electrons. The van der Waals surface area contributed by atoms with Gasteiger partial charge in [-0.2, -0.15) is 0 Å². The van der Waals surface area contributed by atoms with E-state index < -0.39 is 18.8 Å². The summed E-state index contributed by atoms with van der Waals surface area (Å²) in [5.41, 5.74) is 8.11. The summed E-state index contributed by atoms with van der Waals surface area (Å²) in [5.74, 6) is 1.04. The van der Waals surface area contributed by atoms with Gasteiger partial charge in [0.2, 0.25) is 0 Å². The van der Waals surface area contributed by atoms with Crippen molar-refractivity contribution in [2.75, 3.05) is 6.16 Å². The predicted octanol–water partition coefficient (Wildman–Crippen LogP) is 11.2. The van der Waals surface area contributed by atoms with Gasteiger partial charge in [0.25, 0.3) is 0 Å². The van der Waals surface area contributed by atoms with Crippen molar-refractivity contribution < 1.29 is 5.11 Å². The largest absolute Gasteiger partial charge is 0.507 e. The van der Waals surface area contributed by atoms with Gasteiger partial charge in [0.1, 0.15) is 5.75 Å². The molecule has 5 aromatic carbocycles. The molecule has 1 N–H and O–H groups in total. The molecule has 5 aromatic rings. The molecule has 234 valence electrons. The highest BCUT2D eigenvalue weighted by Crippen LogP contribution is 2.61. The standard InChI is InChI=1S/C43H46NOP/c1-30(2)35-24-16-25-36(31(3)4)39(35)44-41-43(33-20-12-8-13-21-33,28-29-46(41)34-22-14-9-15-23-34)38-27-17-26-37(40(38)45)42(5,6)32-18-10-7-11-19-32/h7-27,30-31,45H,28-29H2,1-6H3. The molecule has 6 rings (SSSR count). The first kappa shape index (κ1) is 32.0. The van der Waals surface area contributed by atoms with Crippen molar-refractivity contribution in [2.24, 2.45) is 4.99 Å². The van der Waals surface area contributed by atoms with E-state index in [0.717, 1.165) is 29.4 Å². The number of aliphatic imine (C=N–C) groups is 1. The maximum atomic E-state index is 12.6. The van der Waals surface area contributed by atoms with Crippen LogP contribution in [0, 0.1) is 0 Å². The third-order valence-electron chi connectivity index (χ3n) is 9.91. The van der Waals surface area contributed by atoms with Gasteiger partial charge in [0.15, 0.2) is 0 Å². The quantitative estimate of drug-likeness (QED) is 0.171. The van der Waals surface area contributed by atoms with Crippen molar-refractivity contribution in [3.63, 3.8) is 0 Å². The van der Waals surface area contributed by atoms with E-state index in [2.05, 4.69) is 163 Å². The van der Waals surface area contributed by atoms with Crippen molar-refractivity contribution in [2.45, 2.75) is 70.6 Å². The average molecular weight is 624 g/mol. The Hall–Kier alpha value is -4.00. The van der Waals surface area contributed by atoms with E-state index in [9.17, 15) is 5.11 Å². The molecule has 0 amide bonds. The summed E-state index contributed by atoms with van der Waals surface area (Å²) in [6.07, 6.45) is 1.87. The molecule has 1 fully saturated rings. The van der Waals surface area contributed by atoms with Gasteiger partial charge < -0.3 is 5.11 Å². The molecular weight excluding hydrogens is 577 g/mol. The Kier molecular flexibility index (Phi) is 9.04. The lowest BCUT2D eigenvalue weighted by Gasteiger charge is -2.36. The molecule has 1 saturated heterocycles. The fraction of sp³-hybridized carbons (Fsp3) is 0.279. The second-order valence-electron chi connectivity index (χ2n) is 13.7. The van der Waals surface area contributed by atoms with E-state index in [1.807, 2.05) is 6.07 Å². The topological polar surface area (TPSA) is 32.6 Å². The van der Waals surface area contributed by atoms with Gasteiger partial charge in [-0.25, -0.2) is 0 Å². The van der Waals surface area contributed by atoms with Gasteiger partial charge in [-0.15, -0.1) is 0 Å². The number of benzene rings is 5. The lowest BCUT2D eigenvalue weighted by Crippen LogP contribution is -2.34. The number of phenols is 1. The smallest absolute Gasteiger partial charge is 0.124 e. The van der Waals surface area contributed by atoms with Crippen LogP contribution in [0.5, 0.6) is 5.75 Å². The molecule has 1 aliphatic heterocycles. The van der Waals surface area contributed by atoms with Gasteiger partial charge in [0.05, 0.1) is 16.6 Å². The van der Waals surface area contributed by atoms with Gasteiger partial charge in [0, 0.05) is 16.5 Å². The fourth-order valence-electron chi connectivity index (χ4n) is 7.30. The fourth-order valence-corrected chi connectivity index (χ4v) is 10.1. The lowest BCUT2D eigenvalue weighted by atomic mass is 9.70. The molecule has 2 nitrogen and oxygen atoms in total. The summed E-state index contributed by atoms with van der Waals surface area (Å²) >= 11 is 0. The minimum absolute atomic E-state index is 0.330. The zero-order valence-corrected chi connectivity index (χ0v) is 28.9. The molecule has 0 aromatic heterocycles. The van der Waals surface area contributed by atoms with Crippen molar-refractivity contribution in [3.8, 4) is 5.75 Å². The number of para-hydroxylation sites is 2. The third-order valence-corrected chi connectivity index (χ3v) is 12.5. The van der Waals surface area contributed by atoms with Crippen LogP contribution in [0.1, 0.15) is 93.2 Å². The molecular formula is C43H46NOP. The molecule has 1 aliphatic rings. The maximum Gasteiger partial charge on any atom is 0.124 e. The van der Waals surface area contributed by atoms with Crippen LogP contribution in [0.3, 0.4) is 0 Å². The number of rotatable bonds is 8. The Labute approximate surface area is 277 Å². The summed E-state index contributed by atoms with van der Waals surface area (Å²) in [7, 11) is -0.781. The highest BCUT2D eigenvalue weighted by atomic mass is 31.1. The first-order valence-corrected chi connectivity index (χ1v) is 18.2. The Bertz CT molecular complexity index is 1800. The molecule has 46 heavy (non-hydrogen) atoms. The summed E-state index contributed by atoms with van der Waals surface area (Å²) in [4.78, 5) is 5.89. The normalized spacial score (nSPS) is 19.3. The van der Waals surface area contributed by atoms with Gasteiger partial charge >= 0.3 is 0 Å². The number of phenolic OH excluding ortho intramolecular Hbond substituents is 1. The molecule has 2 unspecified atom stereocenters. The van der Waals surface area contributed by atoms with E-state index >= 15 is 0 Å². The molecule has 2 atom stereocenters. The minimum Gasteiger partial charge on any atom is -0.507 e. The van der Waals surface area contributed by atoms with Gasteiger partial charge in [-0.05, 0) is 59.9 Å². The molecule has 0 aliphatic carbocycles. The molecule has 0 spiro atoms. The summed E-state index contributed by atoms with van der Waals surface area (Å²) < 4.78 is 0. The first-order chi connectivity index (χ1) is 22.2. The van der Waals surface area contributed by atoms with Crippen LogP contribution in [0.4, 0.5) is 5.69 Å². The van der Waals surface area contributed by atoms with Crippen molar-refractivity contribution >= 4 is 24.4 Å². The second-order valence-corrected chi connectivity index (χ2v) is 16.0. The molecule has 0 saturated carbocycles.